The van der Waals surface area contributed by atoms with E-state index < -0.39 is 23.7 Å². The molecule has 1 aliphatic rings. The Kier molecular flexibility index (Phi) is 4.43. The van der Waals surface area contributed by atoms with E-state index in [0.29, 0.717) is 0 Å². The van der Waals surface area contributed by atoms with Gasteiger partial charge >= 0.3 is 5.97 Å². The summed E-state index contributed by atoms with van der Waals surface area (Å²) in [7, 11) is 1.16. The van der Waals surface area contributed by atoms with Crippen molar-refractivity contribution in [3.05, 3.63) is 10.4 Å². The van der Waals surface area contributed by atoms with Crippen LogP contribution in [0.15, 0.2) is 0 Å². The van der Waals surface area contributed by atoms with Crippen molar-refractivity contribution in [1.29, 1.82) is 0 Å². The third kappa shape index (κ3) is 3.13. The number of anilines is 2. The molecule has 21 heavy (non-hydrogen) atoms. The predicted molar refractivity (Wildman–Crippen MR) is 76.1 cm³/mol. The van der Waals surface area contributed by atoms with Crippen LogP contribution in [0, 0.1) is 0 Å². The Morgan fingerprint density at radius 2 is 2.14 bits per heavy atom. The topological polar surface area (TPSA) is 131 Å². The van der Waals surface area contributed by atoms with E-state index in [1.54, 1.807) is 0 Å². The highest BCUT2D eigenvalue weighted by Crippen LogP contribution is 2.35. The number of carbonyl (C=O) groups excluding carboxylic acids is 1. The molecule has 1 aliphatic carbocycles. The molecule has 1 heterocycles. The number of nitrogens with zero attached hydrogens (tertiary/aromatic N) is 2. The molecule has 0 aromatic carbocycles. The number of carbonyl (C=O) groups is 1. The number of esters is 1. The molecule has 116 valence electrons. The lowest BCUT2D eigenvalue weighted by atomic mass is 10.0. The molecule has 0 saturated heterocycles. The number of methoxy groups -OCH3 is 1. The number of aliphatic hydroxyl groups excluding tert-OH is 1. The average molecular weight is 337 g/mol. The van der Waals surface area contributed by atoms with Gasteiger partial charge in [-0.1, -0.05) is 11.6 Å². The lowest BCUT2D eigenvalue weighted by molar-refractivity contribution is -0.162. The van der Waals surface area contributed by atoms with Crippen LogP contribution < -0.4 is 11.1 Å². The summed E-state index contributed by atoms with van der Waals surface area (Å²) in [5.41, 5.74) is 4.01. The first kappa shape index (κ1) is 16.0. The van der Waals surface area contributed by atoms with Gasteiger partial charge in [0, 0.05) is 12.8 Å². The van der Waals surface area contributed by atoms with Crippen LogP contribution in [-0.4, -0.2) is 51.0 Å². The van der Waals surface area contributed by atoms with Crippen LogP contribution in [0.1, 0.15) is 12.8 Å². The summed E-state index contributed by atoms with van der Waals surface area (Å²) < 4.78 is 4.53. The minimum absolute atomic E-state index is 0.0341. The number of nitrogens with one attached hydrogen (secondary N) is 1. The Labute approximate surface area is 130 Å². The van der Waals surface area contributed by atoms with Crippen LogP contribution >= 0.6 is 23.2 Å². The van der Waals surface area contributed by atoms with E-state index in [-0.39, 0.29) is 34.8 Å². The summed E-state index contributed by atoms with van der Waals surface area (Å²) in [6.45, 7) is 0. The number of hydrogen-bond donors (Lipinski definition) is 4. The minimum Gasteiger partial charge on any atom is -0.467 e. The van der Waals surface area contributed by atoms with Crippen molar-refractivity contribution in [2.45, 2.75) is 30.6 Å². The van der Waals surface area contributed by atoms with E-state index in [1.807, 2.05) is 0 Å². The summed E-state index contributed by atoms with van der Waals surface area (Å²) in [6, 6.07) is -0.668. The van der Waals surface area contributed by atoms with Gasteiger partial charge in [-0.15, -0.1) is 0 Å². The second kappa shape index (κ2) is 5.80. The van der Waals surface area contributed by atoms with Crippen molar-refractivity contribution in [3.8, 4) is 0 Å². The van der Waals surface area contributed by atoms with Gasteiger partial charge in [0.2, 0.25) is 5.28 Å². The highest BCUT2D eigenvalue weighted by Gasteiger charge is 2.50. The first-order valence-electron chi connectivity index (χ1n) is 6.00. The normalized spacial score (nSPS) is 28.4. The third-order valence-corrected chi connectivity index (χ3v) is 3.79. The quantitative estimate of drug-likeness (QED) is 0.350. The highest BCUT2D eigenvalue weighted by molar-refractivity contribution is 6.34. The number of aromatic nitrogens is 2. The zero-order chi connectivity index (χ0) is 15.8. The maximum absolute atomic E-state index is 11.6. The van der Waals surface area contributed by atoms with Gasteiger partial charge in [-0.2, -0.15) is 4.98 Å². The van der Waals surface area contributed by atoms with Gasteiger partial charge in [0.25, 0.3) is 0 Å². The highest BCUT2D eigenvalue weighted by atomic mass is 35.5. The smallest absolute Gasteiger partial charge is 0.338 e. The molecule has 5 N–H and O–H groups in total. The molecule has 0 bridgehead atoms. The van der Waals surface area contributed by atoms with Gasteiger partial charge in [0.15, 0.2) is 16.6 Å². The van der Waals surface area contributed by atoms with Crippen LogP contribution in [0.25, 0.3) is 0 Å². The van der Waals surface area contributed by atoms with E-state index in [9.17, 15) is 15.0 Å². The molecule has 2 rings (SSSR count). The zero-order valence-electron chi connectivity index (χ0n) is 11.0. The van der Waals surface area contributed by atoms with Crippen LogP contribution in [0.3, 0.4) is 0 Å². The molecule has 1 unspecified atom stereocenters. The fraction of sp³-hybridized carbons (Fsp3) is 0.545. The van der Waals surface area contributed by atoms with Crippen LogP contribution in [0.5, 0.6) is 0 Å². The van der Waals surface area contributed by atoms with Crippen molar-refractivity contribution in [1.82, 2.24) is 9.97 Å². The van der Waals surface area contributed by atoms with Gasteiger partial charge in [-0.3, -0.25) is 0 Å². The Hall–Kier alpha value is -1.35. The molecule has 3 atom stereocenters. The second-order valence-corrected chi connectivity index (χ2v) is 5.49. The average Bonchev–Trinajstić information content (AvgIpc) is 2.70. The Bertz CT molecular complexity index is 573. The van der Waals surface area contributed by atoms with Crippen molar-refractivity contribution < 1.29 is 19.7 Å². The van der Waals surface area contributed by atoms with E-state index in [4.69, 9.17) is 28.9 Å². The van der Waals surface area contributed by atoms with Crippen LogP contribution in [0.4, 0.5) is 11.5 Å². The van der Waals surface area contributed by atoms with Crippen LogP contribution in [0.2, 0.25) is 10.4 Å². The van der Waals surface area contributed by atoms with Gasteiger partial charge in [-0.25, -0.2) is 9.78 Å². The van der Waals surface area contributed by atoms with Crippen molar-refractivity contribution in [2.24, 2.45) is 0 Å². The standard InChI is InChI=1S/C11H14Cl2N4O4/c1-21-9(19)11(20)2-4(5(18)3-11)15-8-6(14)7(12)16-10(13)17-8/h4-5,18,20H,2-3,14H2,1H3,(H,15,16,17)/t4-,5?,11-/m1/s1. The molecule has 8 nitrogen and oxygen atoms in total. The fourth-order valence-corrected chi connectivity index (χ4v) is 2.66. The predicted octanol–water partition coefficient (Wildman–Crippen LogP) is 0.205. The molecule has 0 aliphatic heterocycles. The minimum atomic E-state index is -1.76. The summed E-state index contributed by atoms with van der Waals surface area (Å²) in [6.07, 6.45) is -1.23. The molecule has 0 radical (unpaired) electrons. The number of ether oxygens (including phenoxy) is 1. The second-order valence-electron chi connectivity index (χ2n) is 4.80. The fourth-order valence-electron chi connectivity index (χ4n) is 2.28. The Balaban J connectivity index is 2.20. The molecule has 1 aromatic heterocycles. The first-order valence-corrected chi connectivity index (χ1v) is 6.76. The summed E-state index contributed by atoms with van der Waals surface area (Å²) in [4.78, 5) is 19.1. The van der Waals surface area contributed by atoms with Crippen molar-refractivity contribution >= 4 is 40.7 Å². The molecule has 1 fully saturated rings. The van der Waals surface area contributed by atoms with Gasteiger partial charge < -0.3 is 26.0 Å². The molecule has 1 saturated carbocycles. The van der Waals surface area contributed by atoms with Crippen molar-refractivity contribution in [2.75, 3.05) is 18.2 Å². The number of aliphatic hydroxyl groups is 2. The molecule has 1 aromatic rings. The maximum atomic E-state index is 11.6. The number of nitrogens with two attached hydrogens (primary N) is 1. The summed E-state index contributed by atoms with van der Waals surface area (Å²) in [5.74, 6) is -0.684. The third-order valence-electron chi connectivity index (χ3n) is 3.33. The zero-order valence-corrected chi connectivity index (χ0v) is 12.5. The largest absolute Gasteiger partial charge is 0.467 e. The summed E-state index contributed by atoms with van der Waals surface area (Å²) >= 11 is 11.5. The first-order chi connectivity index (χ1) is 9.76. The van der Waals surface area contributed by atoms with Gasteiger partial charge in [0.05, 0.1) is 19.3 Å². The van der Waals surface area contributed by atoms with E-state index in [0.717, 1.165) is 7.11 Å². The Morgan fingerprint density at radius 3 is 2.76 bits per heavy atom. The molecule has 0 amide bonds. The molecular weight excluding hydrogens is 323 g/mol. The number of rotatable bonds is 3. The van der Waals surface area contributed by atoms with Gasteiger partial charge in [-0.05, 0) is 11.6 Å². The van der Waals surface area contributed by atoms with Crippen LogP contribution in [-0.2, 0) is 9.53 Å². The number of hydrogen-bond acceptors (Lipinski definition) is 8. The maximum Gasteiger partial charge on any atom is 0.338 e. The number of halogens is 2. The summed E-state index contributed by atoms with van der Waals surface area (Å²) in [5, 5.41) is 22.8. The molecule has 0 spiro atoms. The number of nitrogen functional groups attached to an aromatic ring is 1. The van der Waals surface area contributed by atoms with E-state index >= 15 is 0 Å². The van der Waals surface area contributed by atoms with Gasteiger partial charge in [0.1, 0.15) is 5.69 Å². The van der Waals surface area contributed by atoms with E-state index in [2.05, 4.69) is 20.0 Å². The lowest BCUT2D eigenvalue weighted by Gasteiger charge is -2.20. The SMILES string of the molecule is COC(=O)[C@]1(O)CC(O)[C@H](Nc2nc(Cl)nc(Cl)c2N)C1. The molecule has 10 heteroatoms. The lowest BCUT2D eigenvalue weighted by Crippen LogP contribution is -2.38. The monoisotopic (exact) mass is 336 g/mol. The molecular formula is C11H14Cl2N4O4. The Morgan fingerprint density at radius 1 is 1.48 bits per heavy atom. The van der Waals surface area contributed by atoms with E-state index in [1.165, 1.54) is 0 Å². The van der Waals surface area contributed by atoms with Crippen molar-refractivity contribution in [3.63, 3.8) is 0 Å².